The third-order valence-corrected chi connectivity index (χ3v) is 2.94. The summed E-state index contributed by atoms with van der Waals surface area (Å²) in [6, 6.07) is 1.25. The standard InChI is InChI=1S/C8H19O4P.C6H15N/c1-2-3-4-5-6-7-8-12-13(9,10)11;1-5(2)7-6(3)4/h2-8H2,1H3,(H2,9,10,11);5-7H,1-4H3. The SMILES string of the molecule is CC(C)NC(C)C.CCCCCCCCOP(=O)(O)O. The molecule has 0 atom stereocenters. The Labute approximate surface area is 124 Å². The number of phosphoric ester groups is 1. The van der Waals surface area contributed by atoms with Crippen molar-refractivity contribution in [3.8, 4) is 0 Å². The predicted molar refractivity (Wildman–Crippen MR) is 84.8 cm³/mol. The maximum atomic E-state index is 10.2. The van der Waals surface area contributed by atoms with Crippen LogP contribution in [0.25, 0.3) is 0 Å². The van der Waals surface area contributed by atoms with Gasteiger partial charge in [0.2, 0.25) is 0 Å². The van der Waals surface area contributed by atoms with E-state index in [1.54, 1.807) is 0 Å². The van der Waals surface area contributed by atoms with E-state index in [9.17, 15) is 4.57 Å². The van der Waals surface area contributed by atoms with E-state index in [1.807, 2.05) is 0 Å². The molecular weight excluding hydrogens is 277 g/mol. The molecule has 0 unspecified atom stereocenters. The minimum Gasteiger partial charge on any atom is -0.312 e. The summed E-state index contributed by atoms with van der Waals surface area (Å²) in [5.74, 6) is 0. The fourth-order valence-corrected chi connectivity index (χ4v) is 2.10. The van der Waals surface area contributed by atoms with Crippen LogP contribution in [0.2, 0.25) is 0 Å². The van der Waals surface area contributed by atoms with Crippen molar-refractivity contribution in [2.45, 2.75) is 85.2 Å². The van der Waals surface area contributed by atoms with Gasteiger partial charge in [-0.3, -0.25) is 4.52 Å². The molecule has 0 spiro atoms. The Balaban J connectivity index is 0. The molecule has 5 nitrogen and oxygen atoms in total. The zero-order chi connectivity index (χ0) is 16.0. The van der Waals surface area contributed by atoms with Gasteiger partial charge < -0.3 is 15.1 Å². The molecule has 0 saturated heterocycles. The van der Waals surface area contributed by atoms with E-state index in [0.717, 1.165) is 19.3 Å². The third-order valence-electron chi connectivity index (χ3n) is 2.42. The Morgan fingerprint density at radius 2 is 1.40 bits per heavy atom. The molecule has 0 heterocycles. The van der Waals surface area contributed by atoms with Gasteiger partial charge in [-0.25, -0.2) is 4.57 Å². The van der Waals surface area contributed by atoms with Crippen LogP contribution in [-0.4, -0.2) is 28.5 Å². The van der Waals surface area contributed by atoms with Gasteiger partial charge in [-0.1, -0.05) is 66.7 Å². The molecule has 124 valence electrons. The van der Waals surface area contributed by atoms with Gasteiger partial charge in [-0.15, -0.1) is 0 Å². The van der Waals surface area contributed by atoms with Crippen molar-refractivity contribution in [1.29, 1.82) is 0 Å². The smallest absolute Gasteiger partial charge is 0.312 e. The largest absolute Gasteiger partial charge is 0.469 e. The van der Waals surface area contributed by atoms with Crippen LogP contribution in [-0.2, 0) is 9.09 Å². The molecule has 0 aliphatic heterocycles. The van der Waals surface area contributed by atoms with E-state index in [1.165, 1.54) is 19.3 Å². The number of phosphoric acid groups is 1. The van der Waals surface area contributed by atoms with E-state index >= 15 is 0 Å². The maximum Gasteiger partial charge on any atom is 0.469 e. The van der Waals surface area contributed by atoms with Crippen LogP contribution >= 0.6 is 7.82 Å². The van der Waals surface area contributed by atoms with Crippen molar-refractivity contribution in [3.05, 3.63) is 0 Å². The number of unbranched alkanes of at least 4 members (excludes halogenated alkanes) is 5. The molecule has 0 aromatic heterocycles. The van der Waals surface area contributed by atoms with Crippen LogP contribution in [0.3, 0.4) is 0 Å². The minimum atomic E-state index is -4.23. The molecule has 20 heavy (non-hydrogen) atoms. The molecule has 0 aromatic rings. The van der Waals surface area contributed by atoms with E-state index in [4.69, 9.17) is 9.79 Å². The number of rotatable bonds is 10. The van der Waals surface area contributed by atoms with Gasteiger partial charge in [0.1, 0.15) is 0 Å². The van der Waals surface area contributed by atoms with Crippen LogP contribution in [0.15, 0.2) is 0 Å². The van der Waals surface area contributed by atoms with Crippen LogP contribution in [0.4, 0.5) is 0 Å². The molecule has 0 rings (SSSR count). The first-order valence-electron chi connectivity index (χ1n) is 7.65. The van der Waals surface area contributed by atoms with Crippen LogP contribution in [0, 0.1) is 0 Å². The molecule has 0 amide bonds. The lowest BCUT2D eigenvalue weighted by atomic mass is 10.1. The van der Waals surface area contributed by atoms with Crippen molar-refractivity contribution in [2.75, 3.05) is 6.61 Å². The predicted octanol–water partition coefficient (Wildman–Crippen LogP) is 3.85. The molecular formula is C14H34NO4P. The lowest BCUT2D eigenvalue weighted by Gasteiger charge is -2.10. The average molecular weight is 311 g/mol. The third kappa shape index (κ3) is 26.6. The number of nitrogens with one attached hydrogen (secondary N) is 1. The van der Waals surface area contributed by atoms with Crippen molar-refractivity contribution in [3.63, 3.8) is 0 Å². The summed E-state index contributed by atoms with van der Waals surface area (Å²) < 4.78 is 14.5. The van der Waals surface area contributed by atoms with Gasteiger partial charge in [-0.2, -0.15) is 0 Å². The summed E-state index contributed by atoms with van der Waals surface area (Å²) in [4.78, 5) is 16.7. The first-order valence-corrected chi connectivity index (χ1v) is 9.18. The van der Waals surface area contributed by atoms with E-state index in [-0.39, 0.29) is 6.61 Å². The van der Waals surface area contributed by atoms with E-state index < -0.39 is 7.82 Å². The molecule has 0 aromatic carbocycles. The summed E-state index contributed by atoms with van der Waals surface area (Å²) >= 11 is 0. The van der Waals surface area contributed by atoms with Crippen molar-refractivity contribution >= 4 is 7.82 Å². The van der Waals surface area contributed by atoms with Gasteiger partial charge in [0, 0.05) is 12.1 Å². The Morgan fingerprint density at radius 3 is 1.75 bits per heavy atom. The fraction of sp³-hybridized carbons (Fsp3) is 1.00. The normalized spacial score (nSPS) is 11.7. The van der Waals surface area contributed by atoms with Gasteiger partial charge >= 0.3 is 7.82 Å². The molecule has 0 bridgehead atoms. The number of hydrogen-bond acceptors (Lipinski definition) is 3. The van der Waals surface area contributed by atoms with E-state index in [2.05, 4.69) is 44.5 Å². The second-order valence-electron chi connectivity index (χ2n) is 5.57. The van der Waals surface area contributed by atoms with Gasteiger partial charge in [0.15, 0.2) is 0 Å². The molecule has 0 radical (unpaired) electrons. The molecule has 0 aliphatic carbocycles. The van der Waals surface area contributed by atoms with Gasteiger partial charge in [0.25, 0.3) is 0 Å². The van der Waals surface area contributed by atoms with Crippen molar-refractivity contribution < 1.29 is 18.9 Å². The first-order chi connectivity index (χ1) is 9.19. The quantitative estimate of drug-likeness (QED) is 0.422. The molecule has 0 saturated carbocycles. The highest BCUT2D eigenvalue weighted by Gasteiger charge is 2.12. The number of hydrogen-bond donors (Lipinski definition) is 3. The zero-order valence-corrected chi connectivity index (χ0v) is 14.7. The average Bonchev–Trinajstić information content (AvgIpc) is 2.25. The minimum absolute atomic E-state index is 0.163. The first kappa shape index (κ1) is 22.4. The molecule has 0 aliphatic rings. The fourth-order valence-electron chi connectivity index (χ4n) is 1.73. The summed E-state index contributed by atoms with van der Waals surface area (Å²) in [5, 5.41) is 3.31. The van der Waals surface area contributed by atoms with Crippen LogP contribution < -0.4 is 5.32 Å². The zero-order valence-electron chi connectivity index (χ0n) is 13.8. The Bertz CT molecular complexity index is 235. The van der Waals surface area contributed by atoms with Crippen LogP contribution in [0.5, 0.6) is 0 Å². The summed E-state index contributed by atoms with van der Waals surface area (Å²) in [7, 11) is -4.23. The lowest BCUT2D eigenvalue weighted by Crippen LogP contribution is -2.29. The Morgan fingerprint density at radius 1 is 0.950 bits per heavy atom. The molecule has 3 N–H and O–H groups in total. The highest BCUT2D eigenvalue weighted by molar-refractivity contribution is 7.46. The Hall–Kier alpha value is 0.0700. The van der Waals surface area contributed by atoms with Gasteiger partial charge in [0.05, 0.1) is 6.61 Å². The highest BCUT2D eigenvalue weighted by atomic mass is 31.2. The lowest BCUT2D eigenvalue weighted by molar-refractivity contribution is 0.193. The van der Waals surface area contributed by atoms with Gasteiger partial charge in [-0.05, 0) is 6.42 Å². The van der Waals surface area contributed by atoms with Crippen molar-refractivity contribution in [2.24, 2.45) is 0 Å². The van der Waals surface area contributed by atoms with Crippen molar-refractivity contribution in [1.82, 2.24) is 5.32 Å². The summed E-state index contributed by atoms with van der Waals surface area (Å²) in [5.41, 5.74) is 0. The maximum absolute atomic E-state index is 10.2. The Kier molecular flexibility index (Phi) is 15.7. The second-order valence-corrected chi connectivity index (χ2v) is 6.81. The van der Waals surface area contributed by atoms with Crippen LogP contribution in [0.1, 0.15) is 73.1 Å². The topological polar surface area (TPSA) is 78.8 Å². The molecule has 0 fully saturated rings. The summed E-state index contributed by atoms with van der Waals surface area (Å²) in [6.45, 7) is 10.9. The monoisotopic (exact) mass is 311 g/mol. The summed E-state index contributed by atoms with van der Waals surface area (Å²) in [6.07, 6.45) is 6.48. The second kappa shape index (κ2) is 14.0. The highest BCUT2D eigenvalue weighted by Crippen LogP contribution is 2.35. The van der Waals surface area contributed by atoms with E-state index in [0.29, 0.717) is 12.1 Å². The molecule has 6 heteroatoms.